The minimum absolute atomic E-state index is 0.0242. The van der Waals surface area contributed by atoms with Crippen LogP contribution in [0.15, 0.2) is 47.7 Å². The van der Waals surface area contributed by atoms with E-state index < -0.39 is 34.5 Å². The third kappa shape index (κ3) is 6.17. The number of alkyl halides is 3. The van der Waals surface area contributed by atoms with E-state index in [1.54, 1.807) is 21.6 Å². The topological polar surface area (TPSA) is 173 Å². The Hall–Kier alpha value is -5.78. The zero-order chi connectivity index (χ0) is 38.8. The number of halogens is 4. The maximum absolute atomic E-state index is 14.6. The van der Waals surface area contributed by atoms with E-state index in [0.717, 1.165) is 42.2 Å². The van der Waals surface area contributed by atoms with E-state index in [1.165, 1.54) is 19.6 Å². The monoisotopic (exact) mass is 778 g/mol. The summed E-state index contributed by atoms with van der Waals surface area (Å²) in [4.78, 5) is 62.7. The summed E-state index contributed by atoms with van der Waals surface area (Å²) in [6, 6.07) is 5.98. The molecule has 2 amide bonds. The molecule has 2 saturated heterocycles. The minimum Gasteiger partial charge on any atom is -0.503 e. The average molecular weight is 779 g/mol. The summed E-state index contributed by atoms with van der Waals surface area (Å²) in [5.41, 5.74) is -0.794. The van der Waals surface area contributed by atoms with Crippen molar-refractivity contribution in [1.29, 1.82) is 0 Å². The molecule has 5 aromatic rings. The quantitative estimate of drug-likeness (QED) is 0.235. The van der Waals surface area contributed by atoms with Crippen molar-refractivity contribution in [3.8, 4) is 23.0 Å². The van der Waals surface area contributed by atoms with Gasteiger partial charge in [-0.3, -0.25) is 14.4 Å². The van der Waals surface area contributed by atoms with Crippen molar-refractivity contribution < 1.29 is 32.6 Å². The Labute approximate surface area is 315 Å². The van der Waals surface area contributed by atoms with Gasteiger partial charge in [-0.15, -0.1) is 5.10 Å². The minimum atomic E-state index is -4.62. The Morgan fingerprint density at radius 1 is 1.11 bits per heavy atom. The molecule has 2 aliphatic heterocycles. The number of carbonyl (C=O) groups excluding carboxylic acids is 2. The first-order valence-electron chi connectivity index (χ1n) is 17.6. The van der Waals surface area contributed by atoms with Crippen LogP contribution < -0.4 is 20.5 Å². The zero-order valence-corrected chi connectivity index (χ0v) is 30.4. The van der Waals surface area contributed by atoms with E-state index in [-0.39, 0.29) is 65.2 Å². The molecule has 1 atom stereocenters. The van der Waals surface area contributed by atoms with Gasteiger partial charge in [0.25, 0.3) is 11.5 Å². The van der Waals surface area contributed by atoms with E-state index in [4.69, 9.17) is 21.3 Å². The predicted molar refractivity (Wildman–Crippen MR) is 192 cm³/mol. The zero-order valence-electron chi connectivity index (χ0n) is 29.6. The summed E-state index contributed by atoms with van der Waals surface area (Å²) in [6.45, 7) is 3.52. The molecular weight excluding hydrogens is 745 g/mol. The Morgan fingerprint density at radius 3 is 2.55 bits per heavy atom. The standard InChI is InChI=1S/C36H34ClF3N10O5/c1-19-16-35(8-13-48(14-9-35)33(54)26-28(52)30(43-18-42-26)47-11-4-12-47)25-27(19)49(17-24(51)44-23-7-6-20(15-22(23)37)36(38,39)40)34-45-29(46-50(34)32(25)53)21-5-3-10-41-31(21)55-2/h3,5-7,10,15,18-19,52H,4,8-9,11-14,16-17H2,1-2H3,(H,44,51). The molecule has 8 rings (SSSR count). The van der Waals surface area contributed by atoms with Crippen LogP contribution in [0.4, 0.5) is 24.7 Å². The lowest BCUT2D eigenvalue weighted by molar-refractivity contribution is -0.137. The number of piperidine rings is 1. The molecule has 1 unspecified atom stereocenters. The van der Waals surface area contributed by atoms with E-state index >= 15 is 0 Å². The average Bonchev–Trinajstić information content (AvgIpc) is 3.70. The molecule has 15 nitrogen and oxygen atoms in total. The van der Waals surface area contributed by atoms with Crippen LogP contribution in [-0.2, 0) is 22.9 Å². The molecule has 286 valence electrons. The van der Waals surface area contributed by atoms with Crippen LogP contribution >= 0.6 is 11.6 Å². The maximum atomic E-state index is 14.6. The van der Waals surface area contributed by atoms with Gasteiger partial charge in [-0.05, 0) is 61.9 Å². The predicted octanol–water partition coefficient (Wildman–Crippen LogP) is 4.66. The van der Waals surface area contributed by atoms with E-state index in [2.05, 4.69) is 25.4 Å². The van der Waals surface area contributed by atoms with E-state index in [9.17, 15) is 32.7 Å². The number of benzene rings is 1. The molecule has 3 aliphatic rings. The van der Waals surface area contributed by atoms with Crippen LogP contribution in [0.2, 0.25) is 5.02 Å². The van der Waals surface area contributed by atoms with Crippen molar-refractivity contribution in [1.82, 2.24) is 39.0 Å². The van der Waals surface area contributed by atoms with Gasteiger partial charge in [-0.1, -0.05) is 18.5 Å². The van der Waals surface area contributed by atoms with Crippen LogP contribution in [-0.4, -0.2) is 89.2 Å². The van der Waals surface area contributed by atoms with Gasteiger partial charge in [-0.2, -0.15) is 22.7 Å². The van der Waals surface area contributed by atoms with Gasteiger partial charge in [0, 0.05) is 49.0 Å². The summed E-state index contributed by atoms with van der Waals surface area (Å²) in [5.74, 6) is -0.872. The maximum Gasteiger partial charge on any atom is 0.416 e. The van der Waals surface area contributed by atoms with Crippen LogP contribution in [0.5, 0.6) is 11.6 Å². The molecule has 55 heavy (non-hydrogen) atoms. The number of fused-ring (bicyclic) bond motifs is 3. The number of aromatic hydroxyl groups is 1. The van der Waals surface area contributed by atoms with Crippen LogP contribution in [0.3, 0.4) is 0 Å². The van der Waals surface area contributed by atoms with Gasteiger partial charge in [0.15, 0.2) is 23.1 Å². The molecular formula is C36H34ClF3N10O5. The lowest BCUT2D eigenvalue weighted by Gasteiger charge is -2.39. The summed E-state index contributed by atoms with van der Waals surface area (Å²) in [6.07, 6.45) is 0.453. The summed E-state index contributed by atoms with van der Waals surface area (Å²) in [7, 11) is 1.44. The van der Waals surface area contributed by atoms with Gasteiger partial charge in [0.05, 0.1) is 28.9 Å². The normalized spacial score (nSPS) is 17.7. The van der Waals surface area contributed by atoms with Crippen molar-refractivity contribution in [2.75, 3.05) is 43.5 Å². The Bertz CT molecular complexity index is 2420. The highest BCUT2D eigenvalue weighted by Crippen LogP contribution is 2.51. The lowest BCUT2D eigenvalue weighted by Crippen LogP contribution is -2.47. The largest absolute Gasteiger partial charge is 0.503 e. The Kier molecular flexibility index (Phi) is 8.89. The molecule has 2 fully saturated rings. The first-order valence-corrected chi connectivity index (χ1v) is 18.0. The second-order valence-electron chi connectivity index (χ2n) is 14.0. The molecule has 2 N–H and O–H groups in total. The van der Waals surface area contributed by atoms with E-state index in [1.807, 2.05) is 11.8 Å². The third-order valence-corrected chi connectivity index (χ3v) is 11.0. The number of methoxy groups -OCH3 is 1. The molecule has 6 heterocycles. The first-order chi connectivity index (χ1) is 26.3. The number of hydrogen-bond acceptors (Lipinski definition) is 11. The highest BCUT2D eigenvalue weighted by Gasteiger charge is 2.49. The number of likely N-dealkylation sites (tertiary alicyclic amines) is 1. The van der Waals surface area contributed by atoms with Gasteiger partial charge in [-0.25, -0.2) is 15.0 Å². The first kappa shape index (κ1) is 36.2. The third-order valence-electron chi connectivity index (χ3n) is 10.7. The number of nitrogens with zero attached hydrogens (tertiary/aromatic N) is 9. The fourth-order valence-electron chi connectivity index (χ4n) is 8.02. The number of anilines is 2. The van der Waals surface area contributed by atoms with Crippen molar-refractivity contribution in [2.45, 2.75) is 56.7 Å². The molecule has 0 radical (unpaired) electrons. The molecule has 1 aliphatic carbocycles. The highest BCUT2D eigenvalue weighted by molar-refractivity contribution is 6.33. The number of nitrogens with one attached hydrogen (secondary N) is 1. The SMILES string of the molecule is COc1ncccc1-c1nc2n(CC(=O)Nc3ccc(C(F)(F)F)cc3Cl)c3c(c(=O)n2n1)C1(CCN(C(=O)c2ncnc(N4CCC4)c2O)CC1)CC3C. The number of amides is 2. The van der Waals surface area contributed by atoms with Crippen molar-refractivity contribution >= 4 is 40.7 Å². The van der Waals surface area contributed by atoms with Crippen molar-refractivity contribution in [3.63, 3.8) is 0 Å². The number of ether oxygens (including phenoxy) is 1. The lowest BCUT2D eigenvalue weighted by atomic mass is 9.73. The molecule has 19 heteroatoms. The Morgan fingerprint density at radius 2 is 1.87 bits per heavy atom. The summed E-state index contributed by atoms with van der Waals surface area (Å²) < 4.78 is 48.0. The van der Waals surface area contributed by atoms with Crippen LogP contribution in [0.1, 0.15) is 65.8 Å². The van der Waals surface area contributed by atoms with Gasteiger partial charge >= 0.3 is 6.18 Å². The number of rotatable bonds is 7. The number of carbonyl (C=O) groups is 2. The summed E-state index contributed by atoms with van der Waals surface area (Å²) >= 11 is 6.17. The summed E-state index contributed by atoms with van der Waals surface area (Å²) in [5, 5.41) is 17.8. The van der Waals surface area contributed by atoms with Gasteiger partial charge in [0.2, 0.25) is 17.6 Å². The van der Waals surface area contributed by atoms with Gasteiger partial charge < -0.3 is 29.5 Å². The second kappa shape index (κ2) is 13.5. The molecule has 0 saturated carbocycles. The fraction of sp³-hybridized carbons (Fsp3) is 0.389. The Balaban J connectivity index is 1.16. The smallest absolute Gasteiger partial charge is 0.416 e. The number of pyridine rings is 1. The molecule has 1 spiro atoms. The molecule has 4 aromatic heterocycles. The number of aromatic nitrogens is 7. The molecule has 1 aromatic carbocycles. The highest BCUT2D eigenvalue weighted by atomic mass is 35.5. The van der Waals surface area contributed by atoms with Crippen molar-refractivity contribution in [3.05, 3.63) is 80.7 Å². The molecule has 0 bridgehead atoms. The van der Waals surface area contributed by atoms with Gasteiger partial charge in [0.1, 0.15) is 12.9 Å². The number of hydrogen-bond donors (Lipinski definition) is 2. The van der Waals surface area contributed by atoms with Crippen molar-refractivity contribution in [2.24, 2.45) is 0 Å². The van der Waals surface area contributed by atoms with Crippen LogP contribution in [0, 0.1) is 0 Å². The second-order valence-corrected chi connectivity index (χ2v) is 14.4. The van der Waals surface area contributed by atoms with Crippen LogP contribution in [0.25, 0.3) is 17.2 Å². The van der Waals surface area contributed by atoms with E-state index in [0.29, 0.717) is 41.9 Å². The fourth-order valence-corrected chi connectivity index (χ4v) is 8.24.